The first-order valence-corrected chi connectivity index (χ1v) is 6.77. The molecule has 0 aliphatic carbocycles. The first-order chi connectivity index (χ1) is 9.13. The standard InChI is InChI=1S/C10H12N6OS2/c1-2-3-6-7(19-16-14-6)10(17)13-9-5(8(11)18)4-12-15-9/h4H,2-3H2,1H3,(H2,11,18)(H2,12,13,15,17). The topological polar surface area (TPSA) is 110 Å². The van der Waals surface area contributed by atoms with Gasteiger partial charge in [-0.3, -0.25) is 9.89 Å². The Bertz CT molecular complexity index is 605. The molecule has 2 aromatic heterocycles. The second kappa shape index (κ2) is 5.85. The third kappa shape index (κ3) is 2.93. The van der Waals surface area contributed by atoms with Gasteiger partial charge in [0, 0.05) is 0 Å². The highest BCUT2D eigenvalue weighted by Crippen LogP contribution is 2.16. The smallest absolute Gasteiger partial charge is 0.270 e. The number of aryl methyl sites for hydroxylation is 1. The fourth-order valence-electron chi connectivity index (χ4n) is 1.52. The number of thiocarbonyl (C=S) groups is 1. The van der Waals surface area contributed by atoms with Crippen molar-refractivity contribution < 1.29 is 4.79 Å². The van der Waals surface area contributed by atoms with E-state index in [0.717, 1.165) is 18.0 Å². The zero-order valence-electron chi connectivity index (χ0n) is 10.1. The van der Waals surface area contributed by atoms with Crippen molar-refractivity contribution in [2.45, 2.75) is 19.8 Å². The monoisotopic (exact) mass is 296 g/mol. The number of amides is 1. The van der Waals surface area contributed by atoms with Crippen LogP contribution in [0.4, 0.5) is 5.82 Å². The van der Waals surface area contributed by atoms with Gasteiger partial charge in [-0.1, -0.05) is 30.1 Å². The van der Waals surface area contributed by atoms with Crippen molar-refractivity contribution in [3.8, 4) is 0 Å². The fraction of sp³-hybridized carbons (Fsp3) is 0.300. The van der Waals surface area contributed by atoms with Crippen molar-refractivity contribution in [3.63, 3.8) is 0 Å². The number of aromatic nitrogens is 4. The van der Waals surface area contributed by atoms with Gasteiger partial charge in [0.15, 0.2) is 0 Å². The highest BCUT2D eigenvalue weighted by atomic mass is 32.1. The van der Waals surface area contributed by atoms with Crippen LogP contribution >= 0.6 is 23.8 Å². The van der Waals surface area contributed by atoms with Crippen molar-refractivity contribution in [2.24, 2.45) is 5.73 Å². The molecule has 2 aromatic rings. The highest BCUT2D eigenvalue weighted by molar-refractivity contribution is 7.80. The quantitative estimate of drug-likeness (QED) is 0.713. The number of anilines is 1. The molecule has 0 atom stereocenters. The van der Waals surface area contributed by atoms with E-state index in [1.165, 1.54) is 6.20 Å². The summed E-state index contributed by atoms with van der Waals surface area (Å²) >= 11 is 5.93. The minimum Gasteiger partial charge on any atom is -0.389 e. The minimum absolute atomic E-state index is 0.167. The lowest BCUT2D eigenvalue weighted by molar-refractivity contribution is 0.102. The molecule has 9 heteroatoms. The Balaban J connectivity index is 2.19. The molecule has 0 aliphatic rings. The molecular formula is C10H12N6OS2. The molecule has 0 saturated heterocycles. The summed E-state index contributed by atoms with van der Waals surface area (Å²) in [6.45, 7) is 2.01. The Labute approximate surface area is 118 Å². The molecular weight excluding hydrogens is 284 g/mol. The Morgan fingerprint density at radius 1 is 1.63 bits per heavy atom. The molecule has 0 fully saturated rings. The molecule has 0 unspecified atom stereocenters. The zero-order valence-corrected chi connectivity index (χ0v) is 11.8. The largest absolute Gasteiger partial charge is 0.389 e. The normalized spacial score (nSPS) is 10.4. The Morgan fingerprint density at radius 3 is 3.11 bits per heavy atom. The second-order valence-corrected chi connectivity index (χ2v) is 4.97. The number of nitrogens with two attached hydrogens (primary N) is 1. The van der Waals surface area contributed by atoms with Crippen LogP contribution in [0.2, 0.25) is 0 Å². The molecule has 2 heterocycles. The Hall–Kier alpha value is -1.87. The van der Waals surface area contributed by atoms with E-state index < -0.39 is 0 Å². The average molecular weight is 296 g/mol. The second-order valence-electron chi connectivity index (χ2n) is 3.78. The van der Waals surface area contributed by atoms with Crippen LogP contribution in [-0.2, 0) is 6.42 Å². The van der Waals surface area contributed by atoms with Gasteiger partial charge in [-0.2, -0.15) is 5.10 Å². The maximum Gasteiger partial charge on any atom is 0.270 e. The predicted molar refractivity (Wildman–Crippen MR) is 76.3 cm³/mol. The van der Waals surface area contributed by atoms with Gasteiger partial charge >= 0.3 is 0 Å². The number of rotatable bonds is 5. The Morgan fingerprint density at radius 2 is 2.42 bits per heavy atom. The van der Waals surface area contributed by atoms with Crippen LogP contribution in [-0.4, -0.2) is 30.7 Å². The summed E-state index contributed by atoms with van der Waals surface area (Å²) in [5.74, 6) is 0.0912. The lowest BCUT2D eigenvalue weighted by Crippen LogP contribution is -2.17. The predicted octanol–water partition coefficient (Wildman–Crippen LogP) is 1.10. The summed E-state index contributed by atoms with van der Waals surface area (Å²) in [6, 6.07) is 0. The average Bonchev–Trinajstić information content (AvgIpc) is 2.98. The van der Waals surface area contributed by atoms with Crippen LogP contribution < -0.4 is 11.1 Å². The van der Waals surface area contributed by atoms with Crippen LogP contribution in [0.3, 0.4) is 0 Å². The van der Waals surface area contributed by atoms with E-state index in [1.807, 2.05) is 6.92 Å². The summed E-state index contributed by atoms with van der Waals surface area (Å²) in [5.41, 5.74) is 6.72. The van der Waals surface area contributed by atoms with Gasteiger partial charge in [0.1, 0.15) is 15.7 Å². The molecule has 1 amide bonds. The van der Waals surface area contributed by atoms with Crippen LogP contribution in [0.1, 0.15) is 34.3 Å². The number of nitrogens with one attached hydrogen (secondary N) is 2. The van der Waals surface area contributed by atoms with Gasteiger partial charge in [-0.15, -0.1) is 5.10 Å². The molecule has 19 heavy (non-hydrogen) atoms. The van der Waals surface area contributed by atoms with Crippen molar-refractivity contribution in [1.82, 2.24) is 19.8 Å². The molecule has 0 aromatic carbocycles. The van der Waals surface area contributed by atoms with Crippen LogP contribution in [0.5, 0.6) is 0 Å². The fourth-order valence-corrected chi connectivity index (χ4v) is 2.28. The molecule has 0 radical (unpaired) electrons. The van der Waals surface area contributed by atoms with E-state index in [9.17, 15) is 4.79 Å². The van der Waals surface area contributed by atoms with E-state index in [4.69, 9.17) is 18.0 Å². The van der Waals surface area contributed by atoms with Gasteiger partial charge < -0.3 is 11.1 Å². The lowest BCUT2D eigenvalue weighted by Gasteiger charge is -2.03. The summed E-state index contributed by atoms with van der Waals surface area (Å²) in [5, 5.41) is 13.1. The molecule has 0 spiro atoms. The number of hydrogen-bond acceptors (Lipinski definition) is 6. The molecule has 100 valence electrons. The van der Waals surface area contributed by atoms with E-state index >= 15 is 0 Å². The number of H-pyrrole nitrogens is 1. The van der Waals surface area contributed by atoms with Crippen molar-refractivity contribution in [1.29, 1.82) is 0 Å². The van der Waals surface area contributed by atoms with E-state index in [2.05, 4.69) is 25.1 Å². The molecule has 0 bridgehead atoms. The van der Waals surface area contributed by atoms with E-state index in [-0.39, 0.29) is 10.9 Å². The zero-order chi connectivity index (χ0) is 13.8. The maximum atomic E-state index is 12.1. The summed E-state index contributed by atoms with van der Waals surface area (Å²) in [7, 11) is 0. The molecule has 4 N–H and O–H groups in total. The third-order valence-corrected chi connectivity index (χ3v) is 3.38. The first-order valence-electron chi connectivity index (χ1n) is 5.59. The van der Waals surface area contributed by atoms with Crippen molar-refractivity contribution >= 4 is 40.5 Å². The highest BCUT2D eigenvalue weighted by Gasteiger charge is 2.18. The Kier molecular flexibility index (Phi) is 4.17. The lowest BCUT2D eigenvalue weighted by atomic mass is 10.2. The van der Waals surface area contributed by atoms with Gasteiger partial charge in [-0.25, -0.2) is 0 Å². The summed E-state index contributed by atoms with van der Waals surface area (Å²) in [4.78, 5) is 12.8. The summed E-state index contributed by atoms with van der Waals surface area (Å²) in [6.07, 6.45) is 3.08. The van der Waals surface area contributed by atoms with Gasteiger partial charge in [-0.05, 0) is 18.0 Å². The van der Waals surface area contributed by atoms with Crippen LogP contribution in [0.25, 0.3) is 0 Å². The van der Waals surface area contributed by atoms with Crippen LogP contribution in [0.15, 0.2) is 6.20 Å². The molecule has 7 nitrogen and oxygen atoms in total. The van der Waals surface area contributed by atoms with Crippen LogP contribution in [0, 0.1) is 0 Å². The van der Waals surface area contributed by atoms with E-state index in [0.29, 0.717) is 28.4 Å². The number of carbonyl (C=O) groups excluding carboxylic acids is 1. The number of carbonyl (C=O) groups is 1. The van der Waals surface area contributed by atoms with E-state index in [1.54, 1.807) is 0 Å². The number of hydrogen-bond donors (Lipinski definition) is 3. The van der Waals surface area contributed by atoms with Gasteiger partial charge in [0.25, 0.3) is 5.91 Å². The van der Waals surface area contributed by atoms with Crippen molar-refractivity contribution in [3.05, 3.63) is 22.3 Å². The third-order valence-electron chi connectivity index (χ3n) is 2.39. The van der Waals surface area contributed by atoms with Crippen molar-refractivity contribution in [2.75, 3.05) is 5.32 Å². The maximum absolute atomic E-state index is 12.1. The number of aromatic amines is 1. The SMILES string of the molecule is CCCc1nnsc1C(=O)Nc1[nH]ncc1C(N)=S. The van der Waals surface area contributed by atoms with Gasteiger partial charge in [0.05, 0.1) is 17.5 Å². The summed E-state index contributed by atoms with van der Waals surface area (Å²) < 4.78 is 3.80. The molecule has 0 aliphatic heterocycles. The molecule has 2 rings (SSSR count). The molecule has 0 saturated carbocycles. The first kappa shape index (κ1) is 13.6. The minimum atomic E-state index is -0.291. The van der Waals surface area contributed by atoms with Gasteiger partial charge in [0.2, 0.25) is 0 Å². The number of nitrogens with zero attached hydrogens (tertiary/aromatic N) is 3.